The largest absolute Gasteiger partial charge is 0.496 e. The van der Waals surface area contributed by atoms with E-state index in [1.54, 1.807) is 18.9 Å². The third kappa shape index (κ3) is 3.37. The van der Waals surface area contributed by atoms with Crippen LogP contribution in [-0.2, 0) is 12.2 Å². The Morgan fingerprint density at radius 2 is 2.22 bits per heavy atom. The van der Waals surface area contributed by atoms with E-state index in [1.165, 1.54) is 0 Å². The number of methoxy groups -OCH3 is 1. The van der Waals surface area contributed by atoms with Crippen molar-refractivity contribution >= 4 is 17.7 Å². The van der Waals surface area contributed by atoms with Crippen LogP contribution in [-0.4, -0.2) is 35.3 Å². The highest BCUT2D eigenvalue weighted by Crippen LogP contribution is 2.31. The number of imidazole rings is 1. The lowest BCUT2D eigenvalue weighted by Gasteiger charge is -2.17. The smallest absolute Gasteiger partial charge is 0.271 e. The fourth-order valence-electron chi connectivity index (χ4n) is 2.91. The first-order valence-corrected chi connectivity index (χ1v) is 8.95. The van der Waals surface area contributed by atoms with Gasteiger partial charge in [0.2, 0.25) is 0 Å². The number of thioether (sulfide) groups is 1. The van der Waals surface area contributed by atoms with Gasteiger partial charge in [-0.2, -0.15) is 11.8 Å². The quantitative estimate of drug-likeness (QED) is 0.884. The monoisotopic (exact) mass is 331 g/mol. The SMILES string of the molecule is CCSCc1nc2c([nH]1)CC(c1ccccc1OC)CNC2=O. The molecule has 2 N–H and O–H groups in total. The number of benzene rings is 1. The summed E-state index contributed by atoms with van der Waals surface area (Å²) in [6, 6.07) is 7.98. The van der Waals surface area contributed by atoms with Gasteiger partial charge in [-0.25, -0.2) is 4.98 Å². The highest BCUT2D eigenvalue weighted by atomic mass is 32.2. The van der Waals surface area contributed by atoms with Crippen molar-refractivity contribution in [3.05, 3.63) is 47.0 Å². The average Bonchev–Trinajstić information content (AvgIpc) is 2.92. The van der Waals surface area contributed by atoms with E-state index in [9.17, 15) is 4.79 Å². The minimum absolute atomic E-state index is 0.0959. The number of fused-ring (bicyclic) bond motifs is 1. The molecule has 1 aromatic carbocycles. The van der Waals surface area contributed by atoms with E-state index in [4.69, 9.17) is 4.74 Å². The van der Waals surface area contributed by atoms with E-state index < -0.39 is 0 Å². The standard InChI is InChI=1S/C17H21N3O2S/c1-3-23-10-15-19-13-8-11(9-18-17(21)16(13)20-15)12-6-4-5-7-14(12)22-2/h4-7,11H,3,8-10H2,1-2H3,(H,18,21)(H,19,20). The molecule has 1 amide bonds. The van der Waals surface area contributed by atoms with Crippen LogP contribution < -0.4 is 10.1 Å². The van der Waals surface area contributed by atoms with Crippen molar-refractivity contribution in [1.29, 1.82) is 0 Å². The lowest BCUT2D eigenvalue weighted by molar-refractivity contribution is 0.0950. The average molecular weight is 331 g/mol. The molecule has 6 heteroatoms. The second kappa shape index (κ2) is 7.08. The second-order valence-electron chi connectivity index (χ2n) is 5.50. The molecule has 0 aliphatic carbocycles. The van der Waals surface area contributed by atoms with Crippen LogP contribution in [0.3, 0.4) is 0 Å². The van der Waals surface area contributed by atoms with Gasteiger partial charge in [0.05, 0.1) is 12.9 Å². The van der Waals surface area contributed by atoms with Gasteiger partial charge in [0, 0.05) is 18.2 Å². The van der Waals surface area contributed by atoms with Crippen molar-refractivity contribution in [2.45, 2.75) is 25.0 Å². The van der Waals surface area contributed by atoms with Gasteiger partial charge < -0.3 is 15.0 Å². The number of nitrogens with zero attached hydrogens (tertiary/aromatic N) is 1. The van der Waals surface area contributed by atoms with Crippen LogP contribution in [0.2, 0.25) is 0 Å². The minimum Gasteiger partial charge on any atom is -0.496 e. The molecule has 5 nitrogen and oxygen atoms in total. The lowest BCUT2D eigenvalue weighted by atomic mass is 9.93. The molecule has 23 heavy (non-hydrogen) atoms. The number of aromatic nitrogens is 2. The Bertz CT molecular complexity index is 699. The number of carbonyl (C=O) groups excluding carboxylic acids is 1. The molecular formula is C17H21N3O2S. The first-order valence-electron chi connectivity index (χ1n) is 7.79. The van der Waals surface area contributed by atoms with Gasteiger partial charge in [0.25, 0.3) is 5.91 Å². The Kier molecular flexibility index (Phi) is 4.91. The van der Waals surface area contributed by atoms with E-state index in [1.807, 2.05) is 18.2 Å². The summed E-state index contributed by atoms with van der Waals surface area (Å²) in [4.78, 5) is 20.1. The normalized spacial score (nSPS) is 17.3. The van der Waals surface area contributed by atoms with Gasteiger partial charge in [0.15, 0.2) is 0 Å². The molecule has 3 rings (SSSR count). The summed E-state index contributed by atoms with van der Waals surface area (Å²) in [5.41, 5.74) is 2.57. The maximum Gasteiger partial charge on any atom is 0.271 e. The number of H-pyrrole nitrogens is 1. The Hall–Kier alpha value is -1.95. The predicted molar refractivity (Wildman–Crippen MR) is 92.2 cm³/mol. The van der Waals surface area contributed by atoms with Gasteiger partial charge in [-0.1, -0.05) is 25.1 Å². The van der Waals surface area contributed by atoms with Crippen LogP contribution in [0.4, 0.5) is 0 Å². The number of ether oxygens (including phenoxy) is 1. The topological polar surface area (TPSA) is 67.0 Å². The molecule has 1 atom stereocenters. The summed E-state index contributed by atoms with van der Waals surface area (Å²) in [6.45, 7) is 2.70. The molecule has 1 aliphatic heterocycles. The number of para-hydroxylation sites is 1. The number of hydrogen-bond donors (Lipinski definition) is 2. The number of carbonyl (C=O) groups is 1. The Labute approximate surface area is 140 Å². The summed E-state index contributed by atoms with van der Waals surface area (Å²) in [5.74, 6) is 3.64. The molecule has 0 spiro atoms. The zero-order valence-corrected chi connectivity index (χ0v) is 14.2. The van der Waals surface area contributed by atoms with Crippen molar-refractivity contribution in [2.75, 3.05) is 19.4 Å². The third-order valence-corrected chi connectivity index (χ3v) is 4.91. The molecule has 1 aliphatic rings. The van der Waals surface area contributed by atoms with Crippen LogP contribution >= 0.6 is 11.8 Å². The maximum atomic E-state index is 12.3. The van der Waals surface area contributed by atoms with Crippen LogP contribution in [0, 0.1) is 0 Å². The van der Waals surface area contributed by atoms with Gasteiger partial charge in [-0.3, -0.25) is 4.79 Å². The fraction of sp³-hybridized carbons (Fsp3) is 0.412. The summed E-state index contributed by atoms with van der Waals surface area (Å²) in [5, 5.41) is 2.99. The van der Waals surface area contributed by atoms with Crippen molar-refractivity contribution < 1.29 is 9.53 Å². The Morgan fingerprint density at radius 3 is 3.00 bits per heavy atom. The number of rotatable bonds is 5. The van der Waals surface area contributed by atoms with Crippen LogP contribution in [0.5, 0.6) is 5.75 Å². The molecule has 2 heterocycles. The Morgan fingerprint density at radius 1 is 1.39 bits per heavy atom. The van der Waals surface area contributed by atoms with Gasteiger partial charge >= 0.3 is 0 Å². The molecule has 0 fully saturated rings. The third-order valence-electron chi connectivity index (χ3n) is 4.02. The van der Waals surface area contributed by atoms with Crippen molar-refractivity contribution in [2.24, 2.45) is 0 Å². The molecule has 0 bridgehead atoms. The van der Waals surface area contributed by atoms with Crippen molar-refractivity contribution in [1.82, 2.24) is 15.3 Å². The summed E-state index contributed by atoms with van der Waals surface area (Å²) < 4.78 is 5.47. The van der Waals surface area contributed by atoms with Crippen LogP contribution in [0.25, 0.3) is 0 Å². The molecule has 1 unspecified atom stereocenters. The van der Waals surface area contributed by atoms with Gasteiger partial charge in [0.1, 0.15) is 17.3 Å². The summed E-state index contributed by atoms with van der Waals surface area (Å²) in [7, 11) is 1.68. The van der Waals surface area contributed by atoms with Crippen molar-refractivity contribution in [3.8, 4) is 5.75 Å². The van der Waals surface area contributed by atoms with E-state index >= 15 is 0 Å². The number of nitrogens with one attached hydrogen (secondary N) is 2. The van der Waals surface area contributed by atoms with E-state index in [0.717, 1.165) is 40.8 Å². The lowest BCUT2D eigenvalue weighted by Crippen LogP contribution is -2.26. The first-order chi connectivity index (χ1) is 11.2. The number of amides is 1. The van der Waals surface area contributed by atoms with Gasteiger partial charge in [-0.15, -0.1) is 0 Å². The van der Waals surface area contributed by atoms with Crippen LogP contribution in [0.15, 0.2) is 24.3 Å². The first kappa shape index (κ1) is 15.9. The molecule has 2 aromatic rings. The van der Waals surface area contributed by atoms with Gasteiger partial charge in [-0.05, 0) is 23.8 Å². The summed E-state index contributed by atoms with van der Waals surface area (Å²) in [6.07, 6.45) is 0.748. The zero-order valence-electron chi connectivity index (χ0n) is 13.4. The minimum atomic E-state index is -0.0959. The van der Waals surface area contributed by atoms with E-state index in [0.29, 0.717) is 12.2 Å². The zero-order chi connectivity index (χ0) is 16.2. The Balaban J connectivity index is 1.89. The molecule has 122 valence electrons. The number of aromatic amines is 1. The van der Waals surface area contributed by atoms with Crippen molar-refractivity contribution in [3.63, 3.8) is 0 Å². The number of hydrogen-bond acceptors (Lipinski definition) is 4. The highest BCUT2D eigenvalue weighted by molar-refractivity contribution is 7.98. The fourth-order valence-corrected chi connectivity index (χ4v) is 3.44. The van der Waals surface area contributed by atoms with E-state index in [-0.39, 0.29) is 11.8 Å². The molecule has 0 radical (unpaired) electrons. The van der Waals surface area contributed by atoms with Crippen LogP contribution in [0.1, 0.15) is 40.4 Å². The molecule has 0 saturated carbocycles. The predicted octanol–water partition coefficient (Wildman–Crippen LogP) is 2.74. The second-order valence-corrected chi connectivity index (χ2v) is 6.78. The molecule has 0 saturated heterocycles. The van der Waals surface area contributed by atoms with E-state index in [2.05, 4.69) is 28.3 Å². The summed E-state index contributed by atoms with van der Waals surface area (Å²) >= 11 is 1.79. The molecular weight excluding hydrogens is 310 g/mol. The highest BCUT2D eigenvalue weighted by Gasteiger charge is 2.27. The maximum absolute atomic E-state index is 12.3. The molecule has 1 aromatic heterocycles.